The van der Waals surface area contributed by atoms with Gasteiger partial charge in [-0.05, 0) is 55.4 Å². The lowest BCUT2D eigenvalue weighted by molar-refractivity contribution is -0.0498. The van der Waals surface area contributed by atoms with Gasteiger partial charge < -0.3 is 25.3 Å². The molecule has 29 heavy (non-hydrogen) atoms. The van der Waals surface area contributed by atoms with Gasteiger partial charge in [0.2, 0.25) is 0 Å². The predicted octanol–water partition coefficient (Wildman–Crippen LogP) is 3.67. The van der Waals surface area contributed by atoms with E-state index in [2.05, 4.69) is 15.4 Å². The molecule has 0 bridgehead atoms. The molecule has 1 fully saturated rings. The number of nitrogens with one attached hydrogen (secondary N) is 3. The van der Waals surface area contributed by atoms with Crippen molar-refractivity contribution in [2.24, 2.45) is 0 Å². The minimum Gasteiger partial charge on any atom is -0.616 e. The summed E-state index contributed by atoms with van der Waals surface area (Å²) in [5, 5.41) is 14.0. The van der Waals surface area contributed by atoms with Crippen molar-refractivity contribution >= 4 is 34.2 Å². The van der Waals surface area contributed by atoms with Gasteiger partial charge in [0.15, 0.2) is 0 Å². The molecule has 0 saturated carbocycles. The number of amides is 1. The average Bonchev–Trinajstić information content (AvgIpc) is 2.60. The Bertz CT molecular complexity index is 933. The number of benzene rings is 2. The third kappa shape index (κ3) is 5.24. The van der Waals surface area contributed by atoms with Gasteiger partial charge >= 0.3 is 6.61 Å². The molecule has 1 aliphatic rings. The standard InChI is InChI=1S/C20H21F2N3O3S/c1-12(23)16-8-13(18(26)25-20(2)10-29(27)11-20)6-7-17(16)24-14-4-3-5-15(9-14)28-19(21)22/h3-9,19,23-24H,10-11H2,1-2H3,(H,25,26). The minimum absolute atomic E-state index is 0.0141. The van der Waals surface area contributed by atoms with Crippen molar-refractivity contribution < 1.29 is 22.9 Å². The fourth-order valence-electron chi connectivity index (χ4n) is 3.10. The third-order valence-electron chi connectivity index (χ3n) is 4.40. The van der Waals surface area contributed by atoms with E-state index in [-0.39, 0.29) is 17.4 Å². The van der Waals surface area contributed by atoms with E-state index in [0.717, 1.165) is 0 Å². The van der Waals surface area contributed by atoms with Crippen LogP contribution >= 0.6 is 0 Å². The quantitative estimate of drug-likeness (QED) is 0.469. The summed E-state index contributed by atoms with van der Waals surface area (Å²) in [6, 6.07) is 11.0. The van der Waals surface area contributed by atoms with Crippen LogP contribution < -0.4 is 15.4 Å². The van der Waals surface area contributed by atoms with E-state index in [9.17, 15) is 18.1 Å². The molecule has 3 N–H and O–H groups in total. The summed E-state index contributed by atoms with van der Waals surface area (Å²) in [6.45, 7) is 0.520. The van der Waals surface area contributed by atoms with Gasteiger partial charge in [-0.15, -0.1) is 0 Å². The fraction of sp³-hybridized carbons (Fsp3) is 0.300. The lowest BCUT2D eigenvalue weighted by atomic mass is 10.0. The number of alkyl halides is 2. The van der Waals surface area contributed by atoms with E-state index in [4.69, 9.17) is 5.41 Å². The highest BCUT2D eigenvalue weighted by atomic mass is 32.2. The zero-order valence-electron chi connectivity index (χ0n) is 15.9. The number of carbonyl (C=O) groups is 1. The van der Waals surface area contributed by atoms with Gasteiger partial charge in [-0.2, -0.15) is 8.78 Å². The second-order valence-electron chi connectivity index (χ2n) is 7.16. The van der Waals surface area contributed by atoms with Crippen molar-refractivity contribution in [3.8, 4) is 5.75 Å². The highest BCUT2D eigenvalue weighted by Gasteiger charge is 2.45. The largest absolute Gasteiger partial charge is 0.616 e. The van der Waals surface area contributed by atoms with E-state index in [1.54, 1.807) is 37.3 Å². The molecule has 1 heterocycles. The van der Waals surface area contributed by atoms with Crippen molar-refractivity contribution in [2.75, 3.05) is 16.8 Å². The van der Waals surface area contributed by atoms with Crippen LogP contribution in [0, 0.1) is 5.41 Å². The summed E-state index contributed by atoms with van der Waals surface area (Å²) in [4.78, 5) is 12.6. The minimum atomic E-state index is -2.92. The lowest BCUT2D eigenvalue weighted by Crippen LogP contribution is -2.63. The highest BCUT2D eigenvalue weighted by Crippen LogP contribution is 2.27. The molecule has 1 amide bonds. The Balaban J connectivity index is 1.80. The first kappa shape index (κ1) is 21.1. The summed E-state index contributed by atoms with van der Waals surface area (Å²) < 4.78 is 40.6. The molecule has 0 unspecified atom stereocenters. The van der Waals surface area contributed by atoms with Crippen LogP contribution in [-0.4, -0.2) is 39.8 Å². The monoisotopic (exact) mass is 421 g/mol. The maximum atomic E-state index is 12.6. The van der Waals surface area contributed by atoms with Crippen LogP contribution in [0.15, 0.2) is 42.5 Å². The van der Waals surface area contributed by atoms with Crippen LogP contribution in [0.4, 0.5) is 20.2 Å². The molecule has 154 valence electrons. The second-order valence-corrected chi connectivity index (χ2v) is 8.62. The van der Waals surface area contributed by atoms with Gasteiger partial charge in [-0.25, -0.2) is 0 Å². The normalized spacial score (nSPS) is 20.7. The predicted molar refractivity (Wildman–Crippen MR) is 109 cm³/mol. The summed E-state index contributed by atoms with van der Waals surface area (Å²) in [5.74, 6) is 0.559. The summed E-state index contributed by atoms with van der Waals surface area (Å²) in [7, 11) is 0. The van der Waals surface area contributed by atoms with E-state index in [0.29, 0.717) is 34.0 Å². The maximum absolute atomic E-state index is 12.6. The number of hydrogen-bond acceptors (Lipinski definition) is 5. The Morgan fingerprint density at radius 3 is 2.62 bits per heavy atom. The molecule has 2 aromatic carbocycles. The molecular formula is C20H21F2N3O3S. The van der Waals surface area contributed by atoms with Crippen molar-refractivity contribution in [2.45, 2.75) is 26.0 Å². The molecule has 0 radical (unpaired) electrons. The Morgan fingerprint density at radius 2 is 2.00 bits per heavy atom. The lowest BCUT2D eigenvalue weighted by Gasteiger charge is -2.39. The van der Waals surface area contributed by atoms with Gasteiger partial charge in [0, 0.05) is 34.3 Å². The van der Waals surface area contributed by atoms with Crippen molar-refractivity contribution in [1.82, 2.24) is 5.32 Å². The molecule has 0 aromatic heterocycles. The molecule has 2 aromatic rings. The van der Waals surface area contributed by atoms with E-state index in [1.807, 2.05) is 6.92 Å². The molecular weight excluding hydrogens is 400 g/mol. The Morgan fingerprint density at radius 1 is 1.28 bits per heavy atom. The first-order valence-electron chi connectivity index (χ1n) is 8.84. The van der Waals surface area contributed by atoms with Crippen LogP contribution in [0.5, 0.6) is 5.75 Å². The van der Waals surface area contributed by atoms with Crippen LogP contribution in [0.2, 0.25) is 0 Å². The van der Waals surface area contributed by atoms with Crippen LogP contribution in [-0.2, 0) is 11.2 Å². The molecule has 6 nitrogen and oxygen atoms in total. The second kappa shape index (κ2) is 8.38. The molecule has 3 rings (SSSR count). The first-order valence-corrected chi connectivity index (χ1v) is 10.3. The summed E-state index contributed by atoms with van der Waals surface area (Å²) in [6.07, 6.45) is 0. The number of carbonyl (C=O) groups excluding carboxylic acids is 1. The SMILES string of the molecule is CC(=N)c1cc(C(=O)NC2(C)C[S+]([O-])C2)ccc1Nc1cccc(OC(F)F)c1. The maximum Gasteiger partial charge on any atom is 0.387 e. The molecule has 0 spiro atoms. The van der Waals surface area contributed by atoms with Crippen LogP contribution in [0.1, 0.15) is 29.8 Å². The molecule has 0 aliphatic carbocycles. The van der Waals surface area contributed by atoms with Crippen LogP contribution in [0.3, 0.4) is 0 Å². The third-order valence-corrected chi connectivity index (χ3v) is 6.32. The van der Waals surface area contributed by atoms with Gasteiger partial charge in [-0.1, -0.05) is 6.07 Å². The number of halogens is 2. The number of anilines is 2. The molecule has 1 saturated heterocycles. The van der Waals surface area contributed by atoms with Crippen molar-refractivity contribution in [3.05, 3.63) is 53.6 Å². The van der Waals surface area contributed by atoms with Gasteiger partial charge in [0.25, 0.3) is 5.91 Å². The number of hydrogen-bond donors (Lipinski definition) is 3. The summed E-state index contributed by atoms with van der Waals surface area (Å²) >= 11 is -0.894. The number of rotatable bonds is 7. The Kier molecular flexibility index (Phi) is 6.09. The smallest absolute Gasteiger partial charge is 0.387 e. The Labute approximate surface area is 170 Å². The topological polar surface area (TPSA) is 97.3 Å². The van der Waals surface area contributed by atoms with E-state index in [1.165, 1.54) is 12.1 Å². The fourth-order valence-corrected chi connectivity index (χ4v) is 4.58. The number of ether oxygens (including phenoxy) is 1. The average molecular weight is 421 g/mol. The molecule has 1 aliphatic heterocycles. The molecule has 0 atom stereocenters. The van der Waals surface area contributed by atoms with Gasteiger partial charge in [0.1, 0.15) is 22.8 Å². The van der Waals surface area contributed by atoms with Gasteiger partial charge in [0.05, 0.1) is 0 Å². The first-order chi connectivity index (χ1) is 13.6. The molecule has 9 heteroatoms. The van der Waals surface area contributed by atoms with E-state index < -0.39 is 23.3 Å². The van der Waals surface area contributed by atoms with Crippen LogP contribution in [0.25, 0.3) is 0 Å². The van der Waals surface area contributed by atoms with Gasteiger partial charge in [-0.3, -0.25) is 4.79 Å². The van der Waals surface area contributed by atoms with Crippen molar-refractivity contribution in [3.63, 3.8) is 0 Å². The van der Waals surface area contributed by atoms with Crippen molar-refractivity contribution in [1.29, 1.82) is 5.41 Å². The highest BCUT2D eigenvalue weighted by molar-refractivity contribution is 7.93. The Hall–Kier alpha value is -2.65. The van der Waals surface area contributed by atoms with E-state index >= 15 is 0 Å². The summed E-state index contributed by atoms with van der Waals surface area (Å²) in [5.41, 5.74) is 1.69. The zero-order valence-corrected chi connectivity index (χ0v) is 16.7. The zero-order chi connectivity index (χ0) is 21.2.